The lowest BCUT2D eigenvalue weighted by atomic mass is 10.1. The third-order valence-corrected chi connectivity index (χ3v) is 7.04. The van der Waals surface area contributed by atoms with Crippen LogP contribution in [0.5, 0.6) is 0 Å². The van der Waals surface area contributed by atoms with Gasteiger partial charge in [0.25, 0.3) is 5.91 Å². The minimum absolute atomic E-state index is 0.0119. The Labute approximate surface area is 179 Å². The molecule has 2 heterocycles. The van der Waals surface area contributed by atoms with E-state index >= 15 is 0 Å². The number of carbonyl (C=O) groups excluding carboxylic acids is 1. The average molecular weight is 445 g/mol. The Morgan fingerprint density at radius 1 is 1.10 bits per heavy atom. The van der Waals surface area contributed by atoms with Crippen molar-refractivity contribution in [2.75, 3.05) is 18.4 Å². The summed E-state index contributed by atoms with van der Waals surface area (Å²) in [6, 6.07) is 6.64. The van der Waals surface area contributed by atoms with E-state index in [0.29, 0.717) is 25.2 Å². The van der Waals surface area contributed by atoms with Gasteiger partial charge in [0.15, 0.2) is 0 Å². The molecule has 2 aromatic heterocycles. The molecular weight excluding hydrogens is 420 g/mol. The van der Waals surface area contributed by atoms with Gasteiger partial charge >= 0.3 is 0 Å². The number of sulfonamides is 1. The maximum Gasteiger partial charge on any atom is 0.256 e. The molecule has 2 N–H and O–H groups in total. The average Bonchev–Trinajstić information content (AvgIpc) is 2.74. The van der Waals surface area contributed by atoms with Crippen LogP contribution in [0.2, 0.25) is 0 Å². The second-order valence-electron chi connectivity index (χ2n) is 6.85. The summed E-state index contributed by atoms with van der Waals surface area (Å²) in [5.74, 6) is -0.681. The third kappa shape index (κ3) is 4.44. The number of hydrogen-bond donors (Lipinski definition) is 2. The summed E-state index contributed by atoms with van der Waals surface area (Å²) in [5.41, 5.74) is -0.542. The van der Waals surface area contributed by atoms with Crippen LogP contribution < -0.4 is 16.3 Å². The van der Waals surface area contributed by atoms with Crippen LogP contribution in [-0.4, -0.2) is 41.3 Å². The van der Waals surface area contributed by atoms with Crippen molar-refractivity contribution in [1.82, 2.24) is 13.9 Å². The number of aromatic nitrogens is 2. The molecule has 164 valence electrons. The number of amides is 1. The van der Waals surface area contributed by atoms with Gasteiger partial charge < -0.3 is 14.9 Å². The van der Waals surface area contributed by atoms with E-state index < -0.39 is 21.5 Å². The summed E-state index contributed by atoms with van der Waals surface area (Å²) in [6.45, 7) is 6.56. The third-order valence-electron chi connectivity index (χ3n) is 4.99. The number of nitrogens with one attached hydrogen (secondary N) is 2. The Kier molecular flexibility index (Phi) is 6.42. The Balaban J connectivity index is 2.13. The Hall–Kier alpha value is -3.24. The van der Waals surface area contributed by atoms with Crippen LogP contribution in [0.15, 0.2) is 57.2 Å². The molecule has 1 aromatic carbocycles. The predicted molar refractivity (Wildman–Crippen MR) is 119 cm³/mol. The van der Waals surface area contributed by atoms with Crippen molar-refractivity contribution < 1.29 is 13.2 Å². The highest BCUT2D eigenvalue weighted by Gasteiger charge is 2.23. The Bertz CT molecular complexity index is 1350. The van der Waals surface area contributed by atoms with Gasteiger partial charge in [0.2, 0.25) is 21.0 Å². The highest BCUT2D eigenvalue weighted by molar-refractivity contribution is 7.89. The lowest BCUT2D eigenvalue weighted by Gasteiger charge is -2.19. The molecule has 31 heavy (non-hydrogen) atoms. The standard InChI is InChI=1S/C21H24N4O5S/c1-4-24-10-9-19(26)18(13-24)23-21(28)16-12-20(27)22-17-8-7-14(11-15(16)17)31(29,30)25(5-2)6-3/h7-13H,4-6H2,1-3H3,(H,22,27)(H,23,28). The fourth-order valence-electron chi connectivity index (χ4n) is 3.30. The second kappa shape index (κ2) is 8.86. The van der Waals surface area contributed by atoms with Crippen molar-refractivity contribution in [3.8, 4) is 0 Å². The smallest absolute Gasteiger partial charge is 0.256 e. The molecule has 1 amide bonds. The van der Waals surface area contributed by atoms with Gasteiger partial charge in [-0.2, -0.15) is 4.31 Å². The van der Waals surface area contributed by atoms with Crippen molar-refractivity contribution in [1.29, 1.82) is 0 Å². The van der Waals surface area contributed by atoms with E-state index in [1.54, 1.807) is 24.6 Å². The van der Waals surface area contributed by atoms with Crippen molar-refractivity contribution in [2.24, 2.45) is 0 Å². The molecule has 0 radical (unpaired) electrons. The van der Waals surface area contributed by atoms with Gasteiger partial charge in [-0.25, -0.2) is 8.42 Å². The van der Waals surface area contributed by atoms with Crippen LogP contribution in [0, 0.1) is 0 Å². The minimum atomic E-state index is -3.76. The molecule has 0 saturated carbocycles. The lowest BCUT2D eigenvalue weighted by Crippen LogP contribution is -2.30. The summed E-state index contributed by atoms with van der Waals surface area (Å²) in [7, 11) is -3.76. The van der Waals surface area contributed by atoms with Crippen molar-refractivity contribution in [2.45, 2.75) is 32.2 Å². The molecular formula is C21H24N4O5S. The molecule has 10 heteroatoms. The molecule has 0 atom stereocenters. The first kappa shape index (κ1) is 22.4. The van der Waals surface area contributed by atoms with E-state index in [-0.39, 0.29) is 27.0 Å². The van der Waals surface area contributed by atoms with Gasteiger partial charge in [-0.1, -0.05) is 13.8 Å². The highest BCUT2D eigenvalue weighted by atomic mass is 32.2. The number of rotatable bonds is 7. The maximum absolute atomic E-state index is 13.0. The highest BCUT2D eigenvalue weighted by Crippen LogP contribution is 2.23. The first-order chi connectivity index (χ1) is 14.7. The number of carbonyl (C=O) groups is 1. The van der Waals surface area contributed by atoms with E-state index in [2.05, 4.69) is 10.3 Å². The Morgan fingerprint density at radius 2 is 1.81 bits per heavy atom. The van der Waals surface area contributed by atoms with Crippen molar-refractivity contribution in [3.63, 3.8) is 0 Å². The summed E-state index contributed by atoms with van der Waals surface area (Å²) >= 11 is 0. The molecule has 0 unspecified atom stereocenters. The number of pyridine rings is 2. The fraction of sp³-hybridized carbons (Fsp3) is 0.286. The van der Waals surface area contributed by atoms with Gasteiger partial charge in [0.05, 0.1) is 10.5 Å². The molecule has 0 fully saturated rings. The van der Waals surface area contributed by atoms with Crippen LogP contribution in [0.4, 0.5) is 5.69 Å². The zero-order chi connectivity index (χ0) is 22.8. The molecule has 0 aliphatic rings. The number of H-pyrrole nitrogens is 1. The molecule has 0 aliphatic heterocycles. The predicted octanol–water partition coefficient (Wildman–Crippen LogP) is 1.99. The van der Waals surface area contributed by atoms with Crippen LogP contribution in [0.1, 0.15) is 31.1 Å². The van der Waals surface area contributed by atoms with E-state index in [1.165, 1.54) is 34.8 Å². The fourth-order valence-corrected chi connectivity index (χ4v) is 4.78. The largest absolute Gasteiger partial charge is 0.352 e. The zero-order valence-electron chi connectivity index (χ0n) is 17.5. The van der Waals surface area contributed by atoms with Crippen LogP contribution in [-0.2, 0) is 16.6 Å². The quantitative estimate of drug-likeness (QED) is 0.577. The van der Waals surface area contributed by atoms with E-state index in [0.717, 1.165) is 6.07 Å². The van der Waals surface area contributed by atoms with E-state index in [9.17, 15) is 22.8 Å². The zero-order valence-corrected chi connectivity index (χ0v) is 18.3. The number of aromatic amines is 1. The normalized spacial score (nSPS) is 11.7. The number of benzene rings is 1. The maximum atomic E-state index is 13.0. The molecule has 0 saturated heterocycles. The minimum Gasteiger partial charge on any atom is -0.352 e. The van der Waals surface area contributed by atoms with Crippen LogP contribution in [0.3, 0.4) is 0 Å². The van der Waals surface area contributed by atoms with Gasteiger partial charge in [0, 0.05) is 55.1 Å². The molecule has 3 rings (SSSR count). The number of hydrogen-bond acceptors (Lipinski definition) is 5. The molecule has 3 aromatic rings. The molecule has 0 aliphatic carbocycles. The van der Waals surface area contributed by atoms with E-state index in [4.69, 9.17) is 0 Å². The van der Waals surface area contributed by atoms with Crippen LogP contribution in [0.25, 0.3) is 10.9 Å². The number of anilines is 1. The molecule has 0 spiro atoms. The number of nitrogens with zero attached hydrogens (tertiary/aromatic N) is 2. The number of fused-ring (bicyclic) bond motifs is 1. The molecule has 9 nitrogen and oxygen atoms in total. The summed E-state index contributed by atoms with van der Waals surface area (Å²) in [6.07, 6.45) is 3.11. The van der Waals surface area contributed by atoms with Crippen molar-refractivity contribution in [3.05, 3.63) is 68.9 Å². The van der Waals surface area contributed by atoms with Crippen LogP contribution >= 0.6 is 0 Å². The van der Waals surface area contributed by atoms with Gasteiger partial charge in [0.1, 0.15) is 5.69 Å². The summed E-state index contributed by atoms with van der Waals surface area (Å²) < 4.78 is 28.8. The molecule has 0 bridgehead atoms. The van der Waals surface area contributed by atoms with Gasteiger partial charge in [-0.15, -0.1) is 0 Å². The topological polar surface area (TPSA) is 121 Å². The monoisotopic (exact) mass is 444 g/mol. The van der Waals surface area contributed by atoms with E-state index in [1.807, 2.05) is 6.92 Å². The summed E-state index contributed by atoms with van der Waals surface area (Å²) in [5, 5.41) is 2.80. The second-order valence-corrected chi connectivity index (χ2v) is 8.79. The first-order valence-electron chi connectivity index (χ1n) is 9.89. The van der Waals surface area contributed by atoms with Crippen molar-refractivity contribution >= 4 is 32.5 Å². The lowest BCUT2D eigenvalue weighted by molar-refractivity contribution is 0.102. The Morgan fingerprint density at radius 3 is 2.45 bits per heavy atom. The van der Waals surface area contributed by atoms with Gasteiger partial charge in [-0.05, 0) is 25.1 Å². The van der Waals surface area contributed by atoms with Gasteiger partial charge in [-0.3, -0.25) is 14.4 Å². The number of aryl methyl sites for hydroxylation is 1. The first-order valence-corrected chi connectivity index (χ1v) is 11.3. The summed E-state index contributed by atoms with van der Waals surface area (Å²) in [4.78, 5) is 39.8. The SMILES string of the molecule is CCN(CC)S(=O)(=O)c1ccc2[nH]c(=O)cc(C(=O)Nc3cn(CC)ccc3=O)c2c1.